The normalized spacial score (nSPS) is 44.1. The van der Waals surface area contributed by atoms with Crippen LogP contribution in [-0.4, -0.2) is 23.9 Å². The monoisotopic (exact) mass is 198 g/mol. The lowest BCUT2D eigenvalue weighted by Crippen LogP contribution is -2.33. The predicted molar refractivity (Wildman–Crippen MR) is 56.1 cm³/mol. The van der Waals surface area contributed by atoms with Crippen molar-refractivity contribution >= 4 is 0 Å². The molecule has 1 aliphatic carbocycles. The Morgan fingerprint density at radius 2 is 2.29 bits per heavy atom. The van der Waals surface area contributed by atoms with Crippen LogP contribution in [0.2, 0.25) is 0 Å². The molecule has 2 nitrogen and oxygen atoms in total. The van der Waals surface area contributed by atoms with Crippen LogP contribution in [0.3, 0.4) is 0 Å². The van der Waals surface area contributed by atoms with Crippen LogP contribution < -0.4 is 0 Å². The lowest BCUT2D eigenvalue weighted by atomic mass is 9.76. The van der Waals surface area contributed by atoms with Crippen molar-refractivity contribution < 1.29 is 9.84 Å². The summed E-state index contributed by atoms with van der Waals surface area (Å²) < 4.78 is 5.28. The molecule has 0 bridgehead atoms. The highest BCUT2D eigenvalue weighted by molar-refractivity contribution is 4.86. The van der Waals surface area contributed by atoms with Crippen LogP contribution in [0.25, 0.3) is 0 Å². The van der Waals surface area contributed by atoms with E-state index in [0.29, 0.717) is 6.61 Å². The molecule has 2 fully saturated rings. The second kappa shape index (κ2) is 4.19. The number of aliphatic hydroxyl groups is 1. The Bertz CT molecular complexity index is 185. The second-order valence-corrected chi connectivity index (χ2v) is 5.37. The molecule has 0 aromatic heterocycles. The van der Waals surface area contributed by atoms with Gasteiger partial charge in [-0.25, -0.2) is 0 Å². The van der Waals surface area contributed by atoms with Gasteiger partial charge in [0.05, 0.1) is 12.2 Å². The number of hydrogen-bond donors (Lipinski definition) is 1. The lowest BCUT2D eigenvalue weighted by Gasteiger charge is -2.32. The molecule has 1 aliphatic heterocycles. The minimum atomic E-state index is -0.484. The first-order chi connectivity index (χ1) is 6.68. The van der Waals surface area contributed by atoms with Gasteiger partial charge in [0.25, 0.3) is 0 Å². The van der Waals surface area contributed by atoms with Crippen molar-refractivity contribution in [2.75, 3.05) is 13.2 Å². The maximum atomic E-state index is 10.2. The Labute approximate surface area is 86.6 Å². The molecule has 0 aromatic carbocycles. The smallest absolute Gasteiger partial charge is 0.0904 e. The third-order valence-corrected chi connectivity index (χ3v) is 3.80. The van der Waals surface area contributed by atoms with Crippen LogP contribution in [0.1, 0.15) is 45.4 Å². The number of hydrogen-bond acceptors (Lipinski definition) is 2. The lowest BCUT2D eigenvalue weighted by molar-refractivity contribution is -0.00160. The summed E-state index contributed by atoms with van der Waals surface area (Å²) in [7, 11) is 0. The summed E-state index contributed by atoms with van der Waals surface area (Å²) in [5, 5.41) is 10.2. The molecular formula is C12H22O2. The molecule has 1 saturated carbocycles. The summed E-state index contributed by atoms with van der Waals surface area (Å²) in [6.45, 7) is 3.65. The molecule has 3 unspecified atom stereocenters. The third kappa shape index (κ3) is 2.48. The summed E-state index contributed by atoms with van der Waals surface area (Å²) in [5.74, 6) is 1.60. The van der Waals surface area contributed by atoms with E-state index in [2.05, 4.69) is 6.92 Å². The van der Waals surface area contributed by atoms with Crippen molar-refractivity contribution in [2.24, 2.45) is 11.8 Å². The van der Waals surface area contributed by atoms with E-state index in [1.165, 1.54) is 25.7 Å². The topological polar surface area (TPSA) is 29.5 Å². The summed E-state index contributed by atoms with van der Waals surface area (Å²) in [5.41, 5.74) is -0.484. The number of ether oxygens (including phenoxy) is 1. The Morgan fingerprint density at radius 3 is 2.93 bits per heavy atom. The van der Waals surface area contributed by atoms with Crippen LogP contribution in [0.15, 0.2) is 0 Å². The minimum absolute atomic E-state index is 0.484. The standard InChI is InChI=1S/C12H22O2/c1-10-3-2-4-11(7-10)8-12(13)5-6-14-9-12/h10-11,13H,2-9H2,1H3. The van der Waals surface area contributed by atoms with Crippen molar-refractivity contribution in [1.29, 1.82) is 0 Å². The highest BCUT2D eigenvalue weighted by atomic mass is 16.5. The third-order valence-electron chi connectivity index (χ3n) is 3.80. The molecule has 0 aromatic rings. The molecule has 1 N–H and O–H groups in total. The fourth-order valence-electron chi connectivity index (χ4n) is 3.04. The van der Waals surface area contributed by atoms with Crippen LogP contribution in [0.5, 0.6) is 0 Å². The molecular weight excluding hydrogens is 176 g/mol. The molecule has 14 heavy (non-hydrogen) atoms. The zero-order valence-electron chi connectivity index (χ0n) is 9.17. The quantitative estimate of drug-likeness (QED) is 0.738. The molecule has 2 rings (SSSR count). The maximum Gasteiger partial charge on any atom is 0.0904 e. The first-order valence-corrected chi connectivity index (χ1v) is 5.98. The highest BCUT2D eigenvalue weighted by Gasteiger charge is 2.35. The van der Waals surface area contributed by atoms with Crippen LogP contribution in [0, 0.1) is 11.8 Å². The Balaban J connectivity index is 1.83. The first-order valence-electron chi connectivity index (χ1n) is 5.98. The molecule has 0 spiro atoms. The first kappa shape index (κ1) is 10.4. The van der Waals surface area contributed by atoms with E-state index in [0.717, 1.165) is 31.3 Å². The molecule has 2 aliphatic rings. The highest BCUT2D eigenvalue weighted by Crippen LogP contribution is 2.36. The summed E-state index contributed by atoms with van der Waals surface area (Å²) in [4.78, 5) is 0. The van der Waals surface area contributed by atoms with Gasteiger partial charge >= 0.3 is 0 Å². The van der Waals surface area contributed by atoms with Gasteiger partial charge in [-0.2, -0.15) is 0 Å². The van der Waals surface area contributed by atoms with Crippen molar-refractivity contribution in [2.45, 2.75) is 51.0 Å². The molecule has 3 atom stereocenters. The average Bonchev–Trinajstić information content (AvgIpc) is 2.51. The number of rotatable bonds is 2. The molecule has 0 amide bonds. The average molecular weight is 198 g/mol. The van der Waals surface area contributed by atoms with E-state index in [1.54, 1.807) is 0 Å². The van der Waals surface area contributed by atoms with Gasteiger partial charge < -0.3 is 9.84 Å². The summed E-state index contributed by atoms with van der Waals surface area (Å²) in [6, 6.07) is 0. The summed E-state index contributed by atoms with van der Waals surface area (Å²) in [6.07, 6.45) is 7.17. The van der Waals surface area contributed by atoms with Crippen LogP contribution in [0.4, 0.5) is 0 Å². The Kier molecular flexibility index (Phi) is 3.13. The van der Waals surface area contributed by atoms with Gasteiger partial charge in [-0.3, -0.25) is 0 Å². The second-order valence-electron chi connectivity index (χ2n) is 5.37. The molecule has 82 valence electrons. The maximum absolute atomic E-state index is 10.2. The van der Waals surface area contributed by atoms with Crippen molar-refractivity contribution in [3.05, 3.63) is 0 Å². The van der Waals surface area contributed by atoms with Gasteiger partial charge in [-0.15, -0.1) is 0 Å². The van der Waals surface area contributed by atoms with Gasteiger partial charge in [-0.1, -0.05) is 26.2 Å². The van der Waals surface area contributed by atoms with Crippen LogP contribution in [-0.2, 0) is 4.74 Å². The Morgan fingerprint density at radius 1 is 1.43 bits per heavy atom. The largest absolute Gasteiger partial charge is 0.387 e. The fraction of sp³-hybridized carbons (Fsp3) is 1.00. The molecule has 1 saturated heterocycles. The van der Waals surface area contributed by atoms with E-state index in [4.69, 9.17) is 4.74 Å². The van der Waals surface area contributed by atoms with Gasteiger partial charge in [0.2, 0.25) is 0 Å². The molecule has 1 heterocycles. The van der Waals surface area contributed by atoms with E-state index < -0.39 is 5.60 Å². The van der Waals surface area contributed by atoms with Gasteiger partial charge in [0.1, 0.15) is 0 Å². The van der Waals surface area contributed by atoms with Crippen LogP contribution >= 0.6 is 0 Å². The van der Waals surface area contributed by atoms with E-state index in [1.807, 2.05) is 0 Å². The van der Waals surface area contributed by atoms with E-state index in [9.17, 15) is 5.11 Å². The molecule has 2 heteroatoms. The minimum Gasteiger partial charge on any atom is -0.387 e. The zero-order chi connectivity index (χ0) is 10.0. The Hall–Kier alpha value is -0.0800. The van der Waals surface area contributed by atoms with Crippen molar-refractivity contribution in [3.8, 4) is 0 Å². The van der Waals surface area contributed by atoms with Gasteiger partial charge in [0, 0.05) is 13.0 Å². The van der Waals surface area contributed by atoms with Gasteiger partial charge in [0.15, 0.2) is 0 Å². The SMILES string of the molecule is CC1CCCC(CC2(O)CCOC2)C1. The molecule has 0 radical (unpaired) electrons. The zero-order valence-corrected chi connectivity index (χ0v) is 9.17. The van der Waals surface area contributed by atoms with Crippen molar-refractivity contribution in [3.63, 3.8) is 0 Å². The van der Waals surface area contributed by atoms with E-state index in [-0.39, 0.29) is 0 Å². The van der Waals surface area contributed by atoms with Gasteiger partial charge in [-0.05, 0) is 24.7 Å². The van der Waals surface area contributed by atoms with Crippen molar-refractivity contribution in [1.82, 2.24) is 0 Å². The summed E-state index contributed by atoms with van der Waals surface area (Å²) >= 11 is 0. The predicted octanol–water partition coefficient (Wildman–Crippen LogP) is 2.35. The fourth-order valence-corrected chi connectivity index (χ4v) is 3.04. The van der Waals surface area contributed by atoms with E-state index >= 15 is 0 Å².